The van der Waals surface area contributed by atoms with E-state index >= 15 is 0 Å². The smallest absolute Gasteiger partial charge is 0.280 e. The summed E-state index contributed by atoms with van der Waals surface area (Å²) in [5.41, 5.74) is 3.07. The Hall–Kier alpha value is -3.13. The number of aromatic nitrogens is 5. The highest BCUT2D eigenvalue weighted by Gasteiger charge is 2.20. The molecule has 0 fully saturated rings. The Morgan fingerprint density at radius 3 is 2.78 bits per heavy atom. The molecule has 0 N–H and O–H groups in total. The van der Waals surface area contributed by atoms with Crippen molar-refractivity contribution < 1.29 is 9.26 Å². The van der Waals surface area contributed by atoms with E-state index in [1.54, 1.807) is 23.6 Å². The molecule has 0 aliphatic rings. The Balaban J connectivity index is 1.71. The highest BCUT2D eigenvalue weighted by molar-refractivity contribution is 7.98. The van der Waals surface area contributed by atoms with E-state index in [0.717, 1.165) is 21.8 Å². The quantitative estimate of drug-likeness (QED) is 0.485. The number of benzene rings is 2. The van der Waals surface area contributed by atoms with Crippen molar-refractivity contribution in [2.24, 2.45) is 0 Å². The summed E-state index contributed by atoms with van der Waals surface area (Å²) >= 11 is 1.68. The average Bonchev–Trinajstić information content (AvgIpc) is 3.34. The van der Waals surface area contributed by atoms with E-state index in [-0.39, 0.29) is 0 Å². The third-order valence-electron chi connectivity index (χ3n) is 4.17. The van der Waals surface area contributed by atoms with Crippen molar-refractivity contribution in [1.29, 1.82) is 0 Å². The van der Waals surface area contributed by atoms with Gasteiger partial charge >= 0.3 is 0 Å². The number of nitrogens with zero attached hydrogens (tertiary/aromatic N) is 5. The van der Waals surface area contributed by atoms with Crippen LogP contribution in [0.25, 0.3) is 28.7 Å². The van der Waals surface area contributed by atoms with Crippen LogP contribution in [0.4, 0.5) is 0 Å². The van der Waals surface area contributed by atoms with Gasteiger partial charge in [-0.3, -0.25) is 0 Å². The standard InChI is InChI=1S/C19H17N5O2S/c1-12-17(21-23-24(12)13-7-6-8-14(11-13)27-3)19-20-18(22-26-19)15-9-4-5-10-16(15)25-2/h4-11H,1-3H3. The van der Waals surface area contributed by atoms with Crippen LogP contribution in [0.3, 0.4) is 0 Å². The Bertz CT molecular complexity index is 1090. The molecule has 0 spiro atoms. The third-order valence-corrected chi connectivity index (χ3v) is 4.89. The molecule has 0 radical (unpaired) electrons. The lowest BCUT2D eigenvalue weighted by Gasteiger charge is -2.04. The monoisotopic (exact) mass is 379 g/mol. The molecule has 0 aliphatic carbocycles. The molecule has 27 heavy (non-hydrogen) atoms. The molecule has 136 valence electrons. The summed E-state index contributed by atoms with van der Waals surface area (Å²) in [6.07, 6.45) is 2.04. The zero-order valence-corrected chi connectivity index (χ0v) is 15.9. The van der Waals surface area contributed by atoms with Crippen molar-refractivity contribution in [3.8, 4) is 34.4 Å². The van der Waals surface area contributed by atoms with Gasteiger partial charge in [-0.25, -0.2) is 4.68 Å². The van der Waals surface area contributed by atoms with Gasteiger partial charge in [0.05, 0.1) is 24.1 Å². The van der Waals surface area contributed by atoms with Gasteiger partial charge in [-0.05, 0) is 43.5 Å². The fourth-order valence-corrected chi connectivity index (χ4v) is 3.23. The first-order valence-electron chi connectivity index (χ1n) is 8.25. The number of ether oxygens (including phenoxy) is 1. The van der Waals surface area contributed by atoms with E-state index in [0.29, 0.717) is 23.2 Å². The molecule has 4 aromatic rings. The van der Waals surface area contributed by atoms with Crippen LogP contribution in [0.15, 0.2) is 57.9 Å². The SMILES string of the molecule is COc1ccccc1-c1noc(-c2nnn(-c3cccc(SC)c3)c2C)n1. The van der Waals surface area contributed by atoms with Crippen LogP contribution in [0.1, 0.15) is 5.69 Å². The molecule has 8 heteroatoms. The topological polar surface area (TPSA) is 78.9 Å². The van der Waals surface area contributed by atoms with E-state index in [9.17, 15) is 0 Å². The second-order valence-corrected chi connectivity index (χ2v) is 6.64. The van der Waals surface area contributed by atoms with Gasteiger partial charge in [0.25, 0.3) is 5.89 Å². The summed E-state index contributed by atoms with van der Waals surface area (Å²) in [4.78, 5) is 5.64. The highest BCUT2D eigenvalue weighted by atomic mass is 32.2. The Morgan fingerprint density at radius 1 is 1.11 bits per heavy atom. The summed E-state index contributed by atoms with van der Waals surface area (Å²) in [6, 6.07) is 15.6. The lowest BCUT2D eigenvalue weighted by atomic mass is 10.2. The van der Waals surface area contributed by atoms with Gasteiger partial charge in [0, 0.05) is 4.90 Å². The molecule has 0 saturated carbocycles. The third kappa shape index (κ3) is 3.19. The molecule has 7 nitrogen and oxygen atoms in total. The molecule has 0 bridgehead atoms. The summed E-state index contributed by atoms with van der Waals surface area (Å²) in [5.74, 6) is 1.44. The van der Waals surface area contributed by atoms with E-state index in [1.165, 1.54) is 0 Å². The maximum absolute atomic E-state index is 5.44. The molecule has 4 rings (SSSR count). The van der Waals surface area contributed by atoms with Crippen LogP contribution >= 0.6 is 11.8 Å². The fraction of sp³-hybridized carbons (Fsp3) is 0.158. The molecule has 2 aromatic carbocycles. The maximum atomic E-state index is 5.44. The normalized spacial score (nSPS) is 10.9. The van der Waals surface area contributed by atoms with Gasteiger partial charge in [0.1, 0.15) is 5.75 Å². The van der Waals surface area contributed by atoms with Gasteiger partial charge in [0.15, 0.2) is 5.69 Å². The lowest BCUT2D eigenvalue weighted by molar-refractivity contribution is 0.413. The summed E-state index contributed by atoms with van der Waals surface area (Å²) in [7, 11) is 1.61. The average molecular weight is 379 g/mol. The van der Waals surface area contributed by atoms with Crippen molar-refractivity contribution >= 4 is 11.8 Å². The van der Waals surface area contributed by atoms with Gasteiger partial charge < -0.3 is 9.26 Å². The predicted octanol–water partition coefficient (Wildman–Crippen LogP) is 4.02. The van der Waals surface area contributed by atoms with Gasteiger partial charge in [-0.1, -0.05) is 28.6 Å². The van der Waals surface area contributed by atoms with Crippen LogP contribution in [-0.4, -0.2) is 38.5 Å². The largest absolute Gasteiger partial charge is 0.496 e. The zero-order valence-electron chi connectivity index (χ0n) is 15.1. The number of thioether (sulfide) groups is 1. The van der Waals surface area contributed by atoms with Gasteiger partial charge in [0.2, 0.25) is 5.82 Å². The van der Waals surface area contributed by atoms with E-state index < -0.39 is 0 Å². The minimum Gasteiger partial charge on any atom is -0.496 e. The molecule has 0 amide bonds. The van der Waals surface area contributed by atoms with E-state index in [1.807, 2.05) is 49.6 Å². The van der Waals surface area contributed by atoms with Crippen LogP contribution in [0, 0.1) is 6.92 Å². The van der Waals surface area contributed by atoms with Crippen molar-refractivity contribution in [2.75, 3.05) is 13.4 Å². The van der Waals surface area contributed by atoms with Crippen LogP contribution in [0.2, 0.25) is 0 Å². The Labute approximate surface area is 160 Å². The molecule has 0 saturated heterocycles. The number of methoxy groups -OCH3 is 1. The van der Waals surface area contributed by atoms with Crippen molar-refractivity contribution in [2.45, 2.75) is 11.8 Å². The van der Waals surface area contributed by atoms with E-state index in [2.05, 4.69) is 32.6 Å². The number of rotatable bonds is 5. The highest BCUT2D eigenvalue weighted by Crippen LogP contribution is 2.30. The maximum Gasteiger partial charge on any atom is 0.280 e. The summed E-state index contributed by atoms with van der Waals surface area (Å²) in [6.45, 7) is 1.92. The first kappa shape index (κ1) is 17.3. The Morgan fingerprint density at radius 2 is 1.96 bits per heavy atom. The van der Waals surface area contributed by atoms with E-state index in [4.69, 9.17) is 9.26 Å². The Kier molecular flexibility index (Phi) is 4.64. The minimum atomic E-state index is 0.320. The molecule has 2 aromatic heterocycles. The van der Waals surface area contributed by atoms with Gasteiger partial charge in [-0.2, -0.15) is 4.98 Å². The first-order chi connectivity index (χ1) is 13.2. The van der Waals surface area contributed by atoms with Crippen LogP contribution in [-0.2, 0) is 0 Å². The number of hydrogen-bond donors (Lipinski definition) is 0. The fourth-order valence-electron chi connectivity index (χ4n) is 2.77. The molecular weight excluding hydrogens is 362 g/mol. The van der Waals surface area contributed by atoms with Gasteiger partial charge in [-0.15, -0.1) is 16.9 Å². The zero-order chi connectivity index (χ0) is 18.8. The van der Waals surface area contributed by atoms with Crippen LogP contribution < -0.4 is 4.74 Å². The second-order valence-electron chi connectivity index (χ2n) is 5.76. The molecular formula is C19H17N5O2S. The molecule has 0 atom stereocenters. The van der Waals surface area contributed by atoms with Crippen molar-refractivity contribution in [1.82, 2.24) is 25.1 Å². The summed E-state index contributed by atoms with van der Waals surface area (Å²) < 4.78 is 12.6. The first-order valence-corrected chi connectivity index (χ1v) is 9.48. The number of para-hydroxylation sites is 1. The molecule has 2 heterocycles. The lowest BCUT2D eigenvalue weighted by Crippen LogP contribution is -1.99. The second kappa shape index (κ2) is 7.24. The van der Waals surface area contributed by atoms with Crippen molar-refractivity contribution in [3.05, 3.63) is 54.2 Å². The minimum absolute atomic E-state index is 0.320. The number of hydrogen-bond acceptors (Lipinski definition) is 7. The molecule has 0 unspecified atom stereocenters. The molecule has 0 aliphatic heterocycles. The van der Waals surface area contributed by atoms with Crippen LogP contribution in [0.5, 0.6) is 5.75 Å². The van der Waals surface area contributed by atoms with Crippen molar-refractivity contribution in [3.63, 3.8) is 0 Å². The summed E-state index contributed by atoms with van der Waals surface area (Å²) in [5, 5.41) is 12.6. The predicted molar refractivity (Wildman–Crippen MR) is 103 cm³/mol.